The van der Waals surface area contributed by atoms with E-state index >= 15 is 0 Å². The normalized spacial score (nSPS) is 17.4. The average Bonchev–Trinajstić information content (AvgIpc) is 2.94. The number of rotatable bonds is 6. The molecule has 1 aliphatic rings. The van der Waals surface area contributed by atoms with Crippen LogP contribution < -0.4 is 4.74 Å². The molecule has 3 aromatic rings. The molecule has 0 radical (unpaired) electrons. The van der Waals surface area contributed by atoms with E-state index in [0.29, 0.717) is 6.42 Å². The molecule has 2 heterocycles. The molecule has 160 valence electrons. The molecule has 1 aliphatic heterocycles. The predicted octanol–water partition coefficient (Wildman–Crippen LogP) is 3.89. The van der Waals surface area contributed by atoms with Gasteiger partial charge in [-0.1, -0.05) is 42.5 Å². The molecule has 1 atom stereocenters. The summed E-state index contributed by atoms with van der Waals surface area (Å²) in [4.78, 5) is 21.7. The van der Waals surface area contributed by atoms with Crippen molar-refractivity contribution in [2.24, 2.45) is 5.92 Å². The minimum absolute atomic E-state index is 0.0871. The van der Waals surface area contributed by atoms with Gasteiger partial charge in [0.25, 0.3) is 0 Å². The lowest BCUT2D eigenvalue weighted by Crippen LogP contribution is -2.34. The molecular formula is C26H29N3O2. The van der Waals surface area contributed by atoms with Gasteiger partial charge in [0.1, 0.15) is 5.75 Å². The molecule has 0 bridgehead atoms. The highest BCUT2D eigenvalue weighted by Crippen LogP contribution is 2.27. The van der Waals surface area contributed by atoms with Crippen LogP contribution in [0.5, 0.6) is 5.75 Å². The zero-order chi connectivity index (χ0) is 21.6. The van der Waals surface area contributed by atoms with E-state index < -0.39 is 0 Å². The van der Waals surface area contributed by atoms with Crippen molar-refractivity contribution in [1.82, 2.24) is 14.8 Å². The van der Waals surface area contributed by atoms with Crippen LogP contribution in [0, 0.1) is 5.92 Å². The largest absolute Gasteiger partial charge is 0.497 e. The van der Waals surface area contributed by atoms with E-state index in [9.17, 15) is 4.79 Å². The van der Waals surface area contributed by atoms with Crippen LogP contribution in [0.1, 0.15) is 11.1 Å². The highest BCUT2D eigenvalue weighted by Gasteiger charge is 2.29. The van der Waals surface area contributed by atoms with Crippen LogP contribution in [-0.2, 0) is 17.8 Å². The van der Waals surface area contributed by atoms with Crippen LogP contribution >= 0.6 is 0 Å². The van der Waals surface area contributed by atoms with E-state index in [1.54, 1.807) is 13.3 Å². The predicted molar refractivity (Wildman–Crippen MR) is 123 cm³/mol. The number of likely N-dealkylation sites (N-methyl/N-ethyl adjacent to an activating group) is 1. The molecule has 1 amide bonds. The van der Waals surface area contributed by atoms with Crippen LogP contribution in [0.4, 0.5) is 0 Å². The van der Waals surface area contributed by atoms with E-state index in [4.69, 9.17) is 4.74 Å². The molecular weight excluding hydrogens is 386 g/mol. The van der Waals surface area contributed by atoms with Crippen molar-refractivity contribution < 1.29 is 9.53 Å². The van der Waals surface area contributed by atoms with Crippen molar-refractivity contribution in [2.75, 3.05) is 33.8 Å². The topological polar surface area (TPSA) is 45.7 Å². The molecule has 0 spiro atoms. The Hall–Kier alpha value is -3.18. The lowest BCUT2D eigenvalue weighted by molar-refractivity contribution is -0.133. The molecule has 1 aromatic heterocycles. The fourth-order valence-corrected chi connectivity index (χ4v) is 4.29. The highest BCUT2D eigenvalue weighted by molar-refractivity contribution is 5.80. The van der Waals surface area contributed by atoms with Gasteiger partial charge in [-0.15, -0.1) is 0 Å². The first kappa shape index (κ1) is 21.1. The lowest BCUT2D eigenvalue weighted by Gasteiger charge is -2.24. The molecule has 0 aliphatic carbocycles. The first-order valence-electron chi connectivity index (χ1n) is 10.7. The number of benzene rings is 2. The SMILES string of the molecule is COc1cccc(CN2CCN(C)C(=O)C(Cc3ccccc3-c3cccnc3)C2)c1. The molecule has 4 rings (SSSR count). The first-order valence-corrected chi connectivity index (χ1v) is 10.7. The fraction of sp³-hybridized carbons (Fsp3) is 0.308. The number of aromatic nitrogens is 1. The first-order chi connectivity index (χ1) is 15.1. The Labute approximate surface area is 184 Å². The van der Waals surface area contributed by atoms with Crippen LogP contribution in [0.25, 0.3) is 11.1 Å². The highest BCUT2D eigenvalue weighted by atomic mass is 16.5. The smallest absolute Gasteiger partial charge is 0.227 e. The van der Waals surface area contributed by atoms with Crippen molar-refractivity contribution in [3.63, 3.8) is 0 Å². The van der Waals surface area contributed by atoms with E-state index in [2.05, 4.69) is 40.2 Å². The minimum atomic E-state index is -0.0871. The number of nitrogens with zero attached hydrogens (tertiary/aromatic N) is 3. The van der Waals surface area contributed by atoms with Gasteiger partial charge in [-0.2, -0.15) is 0 Å². The van der Waals surface area contributed by atoms with Gasteiger partial charge in [0.15, 0.2) is 0 Å². The van der Waals surface area contributed by atoms with Gasteiger partial charge < -0.3 is 9.64 Å². The summed E-state index contributed by atoms with van der Waals surface area (Å²) in [5.74, 6) is 0.993. The number of hydrogen-bond donors (Lipinski definition) is 0. The van der Waals surface area contributed by atoms with Crippen molar-refractivity contribution in [3.8, 4) is 16.9 Å². The second-order valence-electron chi connectivity index (χ2n) is 8.15. The van der Waals surface area contributed by atoms with Gasteiger partial charge in [0, 0.05) is 51.2 Å². The van der Waals surface area contributed by atoms with Gasteiger partial charge in [-0.3, -0.25) is 14.7 Å². The third kappa shape index (κ3) is 5.12. The molecule has 1 saturated heterocycles. The molecule has 5 nitrogen and oxygen atoms in total. The maximum Gasteiger partial charge on any atom is 0.227 e. The minimum Gasteiger partial charge on any atom is -0.497 e. The second-order valence-corrected chi connectivity index (χ2v) is 8.15. The van der Waals surface area contributed by atoms with Gasteiger partial charge >= 0.3 is 0 Å². The Kier molecular flexibility index (Phi) is 6.63. The molecule has 1 unspecified atom stereocenters. The molecule has 0 saturated carbocycles. The Morgan fingerprint density at radius 1 is 1.06 bits per heavy atom. The summed E-state index contributed by atoms with van der Waals surface area (Å²) in [6.45, 7) is 3.14. The van der Waals surface area contributed by atoms with E-state index in [1.807, 2.05) is 48.5 Å². The van der Waals surface area contributed by atoms with Crippen molar-refractivity contribution >= 4 is 5.91 Å². The molecule has 5 heteroatoms. The zero-order valence-corrected chi connectivity index (χ0v) is 18.2. The monoisotopic (exact) mass is 415 g/mol. The van der Waals surface area contributed by atoms with E-state index in [1.165, 1.54) is 11.1 Å². The number of ether oxygens (including phenoxy) is 1. The van der Waals surface area contributed by atoms with Gasteiger partial charge in [-0.05, 0) is 41.3 Å². The Balaban J connectivity index is 1.56. The third-order valence-corrected chi connectivity index (χ3v) is 5.95. The second kappa shape index (κ2) is 9.75. The fourth-order valence-electron chi connectivity index (χ4n) is 4.29. The Morgan fingerprint density at radius 3 is 2.74 bits per heavy atom. The third-order valence-electron chi connectivity index (χ3n) is 5.95. The lowest BCUT2D eigenvalue weighted by atomic mass is 9.91. The van der Waals surface area contributed by atoms with Gasteiger partial charge in [0.2, 0.25) is 5.91 Å². The number of carbonyl (C=O) groups excluding carboxylic acids is 1. The summed E-state index contributed by atoms with van der Waals surface area (Å²) in [7, 11) is 3.60. The molecule has 0 N–H and O–H groups in total. The number of carbonyl (C=O) groups is 1. The standard InChI is InChI=1S/C26H29N3O2/c1-28-13-14-29(18-20-7-5-10-24(15-20)31-2)19-23(26(28)30)16-21-8-3-4-11-25(21)22-9-6-12-27-17-22/h3-12,15,17,23H,13-14,16,18-19H2,1-2H3. The summed E-state index contributed by atoms with van der Waals surface area (Å²) in [6.07, 6.45) is 4.38. The van der Waals surface area contributed by atoms with Gasteiger partial charge in [0.05, 0.1) is 13.0 Å². The molecule has 31 heavy (non-hydrogen) atoms. The summed E-state index contributed by atoms with van der Waals surface area (Å²) < 4.78 is 5.37. The van der Waals surface area contributed by atoms with Crippen LogP contribution in [0.3, 0.4) is 0 Å². The Bertz CT molecular complexity index is 1020. The average molecular weight is 416 g/mol. The van der Waals surface area contributed by atoms with Gasteiger partial charge in [-0.25, -0.2) is 0 Å². The number of hydrogen-bond acceptors (Lipinski definition) is 4. The van der Waals surface area contributed by atoms with Crippen LogP contribution in [0.2, 0.25) is 0 Å². The Morgan fingerprint density at radius 2 is 1.94 bits per heavy atom. The summed E-state index contributed by atoms with van der Waals surface area (Å²) in [6, 6.07) is 20.5. The molecule has 1 fully saturated rings. The number of pyridine rings is 1. The molecule has 2 aromatic carbocycles. The number of amides is 1. The summed E-state index contributed by atoms with van der Waals surface area (Å²) >= 11 is 0. The maximum atomic E-state index is 13.2. The van der Waals surface area contributed by atoms with Crippen LogP contribution in [0.15, 0.2) is 73.1 Å². The van der Waals surface area contributed by atoms with Crippen molar-refractivity contribution in [1.29, 1.82) is 0 Å². The summed E-state index contributed by atoms with van der Waals surface area (Å²) in [5, 5.41) is 0. The van der Waals surface area contributed by atoms with Crippen molar-refractivity contribution in [3.05, 3.63) is 84.2 Å². The quantitative estimate of drug-likeness (QED) is 0.613. The van der Waals surface area contributed by atoms with Crippen LogP contribution in [-0.4, -0.2) is 54.5 Å². The maximum absolute atomic E-state index is 13.2. The zero-order valence-electron chi connectivity index (χ0n) is 18.2. The van der Waals surface area contributed by atoms with Crippen molar-refractivity contribution in [2.45, 2.75) is 13.0 Å². The summed E-state index contributed by atoms with van der Waals surface area (Å²) in [5.41, 5.74) is 4.62. The number of methoxy groups -OCH3 is 1. The van der Waals surface area contributed by atoms with E-state index in [0.717, 1.165) is 43.1 Å². The van der Waals surface area contributed by atoms with E-state index in [-0.39, 0.29) is 11.8 Å².